The van der Waals surface area contributed by atoms with Crippen LogP contribution in [0.4, 0.5) is 0 Å². The van der Waals surface area contributed by atoms with Gasteiger partial charge in [0.2, 0.25) is 0 Å². The van der Waals surface area contributed by atoms with Gasteiger partial charge in [-0.1, -0.05) is 12.1 Å². The molecule has 1 aliphatic carbocycles. The standard InChI is InChI=1S/C19H26N6/c20-10-4-5-13(11-18-24-14-6-1-2-7-15(14)25-18)23-17-9-3-8-16-19(17)22-12-21-16/h1-2,6-7,12-13,17,23H,3-5,8-11,20H2,(H,21,22)(H,24,25). The van der Waals surface area contributed by atoms with Crippen LogP contribution in [0.15, 0.2) is 30.6 Å². The van der Waals surface area contributed by atoms with E-state index in [4.69, 9.17) is 10.7 Å². The number of hydrogen-bond donors (Lipinski definition) is 4. The number of benzene rings is 1. The van der Waals surface area contributed by atoms with Crippen LogP contribution in [0.5, 0.6) is 0 Å². The molecule has 2 atom stereocenters. The second-order valence-corrected chi connectivity index (χ2v) is 6.91. The van der Waals surface area contributed by atoms with E-state index in [0.29, 0.717) is 12.1 Å². The second kappa shape index (κ2) is 7.37. The molecule has 5 N–H and O–H groups in total. The molecule has 6 heteroatoms. The SMILES string of the molecule is NCCCC(Cc1nc2ccccc2[nH]1)NC1CCCc2[nH]cnc21. The molecule has 3 aromatic rings. The summed E-state index contributed by atoms with van der Waals surface area (Å²) in [6, 6.07) is 8.85. The van der Waals surface area contributed by atoms with E-state index in [2.05, 4.69) is 32.4 Å². The first kappa shape index (κ1) is 16.3. The Hall–Kier alpha value is -2.18. The minimum absolute atomic E-state index is 0.321. The van der Waals surface area contributed by atoms with Gasteiger partial charge in [0.25, 0.3) is 0 Å². The number of nitrogens with two attached hydrogens (primary N) is 1. The summed E-state index contributed by atoms with van der Waals surface area (Å²) in [5.74, 6) is 1.04. The lowest BCUT2D eigenvalue weighted by molar-refractivity contribution is 0.364. The molecule has 2 heterocycles. The number of nitrogens with zero attached hydrogens (tertiary/aromatic N) is 2. The van der Waals surface area contributed by atoms with Crippen molar-refractivity contribution in [2.24, 2.45) is 5.73 Å². The predicted octanol–water partition coefficient (Wildman–Crippen LogP) is 2.60. The summed E-state index contributed by atoms with van der Waals surface area (Å²) in [7, 11) is 0. The number of aryl methyl sites for hydroxylation is 1. The van der Waals surface area contributed by atoms with Crippen LogP contribution in [0.25, 0.3) is 11.0 Å². The van der Waals surface area contributed by atoms with Gasteiger partial charge in [0.1, 0.15) is 5.82 Å². The highest BCUT2D eigenvalue weighted by Crippen LogP contribution is 2.28. The molecule has 0 amide bonds. The van der Waals surface area contributed by atoms with E-state index in [9.17, 15) is 0 Å². The number of fused-ring (bicyclic) bond motifs is 2. The van der Waals surface area contributed by atoms with Crippen molar-refractivity contribution >= 4 is 11.0 Å². The first-order chi connectivity index (χ1) is 12.3. The van der Waals surface area contributed by atoms with Gasteiger partial charge in [0.05, 0.1) is 29.1 Å². The molecule has 0 aliphatic heterocycles. The summed E-state index contributed by atoms with van der Waals surface area (Å²) in [6.07, 6.45) is 8.19. The van der Waals surface area contributed by atoms with Gasteiger partial charge in [0, 0.05) is 18.2 Å². The quantitative estimate of drug-likeness (QED) is 0.532. The monoisotopic (exact) mass is 338 g/mol. The number of H-pyrrole nitrogens is 2. The van der Waals surface area contributed by atoms with E-state index in [1.807, 2.05) is 18.5 Å². The van der Waals surface area contributed by atoms with Gasteiger partial charge in [-0.2, -0.15) is 0 Å². The van der Waals surface area contributed by atoms with E-state index < -0.39 is 0 Å². The summed E-state index contributed by atoms with van der Waals surface area (Å²) in [4.78, 5) is 16.0. The fourth-order valence-electron chi connectivity index (χ4n) is 3.84. The van der Waals surface area contributed by atoms with E-state index in [1.54, 1.807) is 0 Å². The van der Waals surface area contributed by atoms with Crippen LogP contribution in [0.3, 0.4) is 0 Å². The average molecular weight is 338 g/mol. The fraction of sp³-hybridized carbons (Fsp3) is 0.474. The van der Waals surface area contributed by atoms with Crippen molar-refractivity contribution in [2.45, 2.75) is 50.6 Å². The van der Waals surface area contributed by atoms with Crippen LogP contribution in [0, 0.1) is 0 Å². The molecule has 0 saturated heterocycles. The number of nitrogens with one attached hydrogen (secondary N) is 3. The number of imidazole rings is 2. The number of hydrogen-bond acceptors (Lipinski definition) is 4. The molecule has 25 heavy (non-hydrogen) atoms. The van der Waals surface area contributed by atoms with Crippen LogP contribution < -0.4 is 11.1 Å². The van der Waals surface area contributed by atoms with Crippen molar-refractivity contribution in [1.29, 1.82) is 0 Å². The highest BCUT2D eigenvalue weighted by molar-refractivity contribution is 5.74. The summed E-state index contributed by atoms with van der Waals surface area (Å²) >= 11 is 0. The van der Waals surface area contributed by atoms with Crippen molar-refractivity contribution in [1.82, 2.24) is 25.3 Å². The van der Waals surface area contributed by atoms with Gasteiger partial charge < -0.3 is 21.0 Å². The summed E-state index contributed by atoms with van der Waals surface area (Å²) in [5.41, 5.74) is 10.4. The number of aromatic nitrogens is 4. The molecular weight excluding hydrogens is 312 g/mol. The molecule has 0 saturated carbocycles. The Bertz CT molecular complexity index is 787. The zero-order valence-corrected chi connectivity index (χ0v) is 14.5. The lowest BCUT2D eigenvalue weighted by Gasteiger charge is -2.27. The Morgan fingerprint density at radius 3 is 3.12 bits per heavy atom. The highest BCUT2D eigenvalue weighted by Gasteiger charge is 2.25. The first-order valence-corrected chi connectivity index (χ1v) is 9.25. The Labute approximate surface area is 147 Å². The molecule has 4 rings (SSSR count). The Kier molecular flexibility index (Phi) is 4.81. The molecule has 0 fully saturated rings. The summed E-state index contributed by atoms with van der Waals surface area (Å²) in [5, 5.41) is 3.83. The van der Waals surface area contributed by atoms with Gasteiger partial charge in [-0.25, -0.2) is 9.97 Å². The van der Waals surface area contributed by atoms with E-state index in [0.717, 1.165) is 55.5 Å². The molecule has 6 nitrogen and oxygen atoms in total. The van der Waals surface area contributed by atoms with Gasteiger partial charge in [-0.15, -0.1) is 0 Å². The molecule has 0 radical (unpaired) electrons. The smallest absolute Gasteiger partial charge is 0.108 e. The average Bonchev–Trinajstić information content (AvgIpc) is 3.26. The Morgan fingerprint density at radius 2 is 2.24 bits per heavy atom. The molecular formula is C19H26N6. The van der Waals surface area contributed by atoms with Crippen molar-refractivity contribution in [3.05, 3.63) is 47.8 Å². The maximum atomic E-state index is 5.76. The molecule has 2 unspecified atom stereocenters. The van der Waals surface area contributed by atoms with Crippen LogP contribution in [-0.2, 0) is 12.8 Å². The number of para-hydroxylation sites is 2. The van der Waals surface area contributed by atoms with Crippen molar-refractivity contribution in [3.8, 4) is 0 Å². The minimum atomic E-state index is 0.321. The van der Waals surface area contributed by atoms with Crippen LogP contribution in [0.1, 0.15) is 48.9 Å². The van der Waals surface area contributed by atoms with Gasteiger partial charge in [0.15, 0.2) is 0 Å². The highest BCUT2D eigenvalue weighted by atomic mass is 15.0. The molecule has 0 spiro atoms. The van der Waals surface area contributed by atoms with Gasteiger partial charge >= 0.3 is 0 Å². The predicted molar refractivity (Wildman–Crippen MR) is 99.3 cm³/mol. The van der Waals surface area contributed by atoms with E-state index >= 15 is 0 Å². The third kappa shape index (κ3) is 3.60. The maximum absolute atomic E-state index is 5.76. The Morgan fingerprint density at radius 1 is 1.32 bits per heavy atom. The molecule has 1 aliphatic rings. The minimum Gasteiger partial charge on any atom is -0.348 e. The summed E-state index contributed by atoms with van der Waals surface area (Å²) in [6.45, 7) is 0.719. The van der Waals surface area contributed by atoms with Gasteiger partial charge in [-0.3, -0.25) is 0 Å². The largest absolute Gasteiger partial charge is 0.348 e. The number of rotatable bonds is 7. The lowest BCUT2D eigenvalue weighted by Crippen LogP contribution is -2.37. The molecule has 0 bridgehead atoms. The van der Waals surface area contributed by atoms with Crippen LogP contribution >= 0.6 is 0 Å². The van der Waals surface area contributed by atoms with E-state index in [1.165, 1.54) is 17.8 Å². The van der Waals surface area contributed by atoms with Crippen LogP contribution in [0.2, 0.25) is 0 Å². The lowest BCUT2D eigenvalue weighted by atomic mass is 9.94. The van der Waals surface area contributed by atoms with Crippen molar-refractivity contribution in [2.75, 3.05) is 6.54 Å². The maximum Gasteiger partial charge on any atom is 0.108 e. The van der Waals surface area contributed by atoms with Crippen molar-refractivity contribution < 1.29 is 0 Å². The van der Waals surface area contributed by atoms with Crippen LogP contribution in [-0.4, -0.2) is 32.5 Å². The fourth-order valence-corrected chi connectivity index (χ4v) is 3.84. The Balaban J connectivity index is 1.50. The molecule has 2 aromatic heterocycles. The third-order valence-electron chi connectivity index (χ3n) is 5.07. The number of aromatic amines is 2. The third-order valence-corrected chi connectivity index (χ3v) is 5.07. The van der Waals surface area contributed by atoms with E-state index in [-0.39, 0.29) is 0 Å². The molecule has 132 valence electrons. The van der Waals surface area contributed by atoms with Crippen molar-refractivity contribution in [3.63, 3.8) is 0 Å². The normalized spacial score (nSPS) is 18.4. The zero-order chi connectivity index (χ0) is 17.1. The second-order valence-electron chi connectivity index (χ2n) is 6.91. The summed E-state index contributed by atoms with van der Waals surface area (Å²) < 4.78 is 0. The first-order valence-electron chi connectivity index (χ1n) is 9.25. The molecule has 1 aromatic carbocycles. The van der Waals surface area contributed by atoms with Gasteiger partial charge in [-0.05, 0) is 50.8 Å². The topological polar surface area (TPSA) is 95.4 Å². The zero-order valence-electron chi connectivity index (χ0n) is 14.5.